The Kier molecular flexibility index (Phi) is 7.19. The van der Waals surface area contributed by atoms with E-state index in [1.54, 1.807) is 36.4 Å². The molecule has 0 amide bonds. The number of hydrogen-bond acceptors (Lipinski definition) is 4. The van der Waals surface area contributed by atoms with E-state index in [4.69, 9.17) is 5.73 Å². The second-order valence-corrected chi connectivity index (χ2v) is 10.0. The third-order valence-electron chi connectivity index (χ3n) is 5.82. The Labute approximate surface area is 174 Å². The lowest BCUT2D eigenvalue weighted by Crippen LogP contribution is -2.36. The van der Waals surface area contributed by atoms with Gasteiger partial charge in [0, 0.05) is 6.54 Å². The number of benzene rings is 2. The summed E-state index contributed by atoms with van der Waals surface area (Å²) in [6.45, 7) is 2.92. The average molecular weight is 417 g/mol. The molecule has 0 heterocycles. The van der Waals surface area contributed by atoms with Crippen molar-refractivity contribution in [3.8, 4) is 5.75 Å². The lowest BCUT2D eigenvalue weighted by atomic mass is 9.89. The minimum absolute atomic E-state index is 0.0446. The van der Waals surface area contributed by atoms with Crippen molar-refractivity contribution < 1.29 is 13.5 Å². The smallest absolute Gasteiger partial charge is 0.264 e. The Morgan fingerprint density at radius 1 is 1.07 bits per heavy atom. The van der Waals surface area contributed by atoms with E-state index in [1.165, 1.54) is 10.7 Å². The van der Waals surface area contributed by atoms with Crippen LogP contribution in [-0.2, 0) is 16.4 Å². The van der Waals surface area contributed by atoms with Crippen LogP contribution in [0.25, 0.3) is 0 Å². The number of nitrogens with two attached hydrogens (primary N) is 1. The molecular formula is C23H32N2O3S. The molecule has 0 radical (unpaired) electrons. The topological polar surface area (TPSA) is 83.6 Å². The Bertz CT molecular complexity index is 894. The van der Waals surface area contributed by atoms with Gasteiger partial charge >= 0.3 is 0 Å². The number of phenols is 1. The second-order valence-electron chi connectivity index (χ2n) is 8.18. The molecule has 2 aromatic rings. The monoisotopic (exact) mass is 416 g/mol. The van der Waals surface area contributed by atoms with E-state index in [0.717, 1.165) is 31.2 Å². The highest BCUT2D eigenvalue weighted by molar-refractivity contribution is 7.92. The Morgan fingerprint density at radius 2 is 1.76 bits per heavy atom. The largest absolute Gasteiger partial charge is 0.505 e. The Morgan fingerprint density at radius 3 is 2.41 bits per heavy atom. The summed E-state index contributed by atoms with van der Waals surface area (Å²) in [5, 5.41) is 11.0. The van der Waals surface area contributed by atoms with Crippen LogP contribution in [0.15, 0.2) is 53.4 Å². The fourth-order valence-electron chi connectivity index (χ4n) is 4.05. The molecule has 3 rings (SSSR count). The summed E-state index contributed by atoms with van der Waals surface area (Å²) in [6, 6.07) is 13.9. The van der Waals surface area contributed by atoms with Crippen molar-refractivity contribution in [1.82, 2.24) is 0 Å². The van der Waals surface area contributed by atoms with Gasteiger partial charge in [-0.25, -0.2) is 8.42 Å². The van der Waals surface area contributed by atoms with Gasteiger partial charge in [0.05, 0.1) is 10.6 Å². The van der Waals surface area contributed by atoms with Gasteiger partial charge in [-0.1, -0.05) is 56.5 Å². The van der Waals surface area contributed by atoms with Gasteiger partial charge < -0.3 is 10.8 Å². The van der Waals surface area contributed by atoms with Crippen LogP contribution in [0.4, 0.5) is 5.69 Å². The third kappa shape index (κ3) is 5.11. The van der Waals surface area contributed by atoms with E-state index in [0.29, 0.717) is 31.1 Å². The zero-order valence-electron chi connectivity index (χ0n) is 17.1. The minimum Gasteiger partial charge on any atom is -0.505 e. The first kappa shape index (κ1) is 21.7. The van der Waals surface area contributed by atoms with Crippen molar-refractivity contribution >= 4 is 15.7 Å². The molecule has 6 heteroatoms. The van der Waals surface area contributed by atoms with Gasteiger partial charge in [-0.3, -0.25) is 4.31 Å². The summed E-state index contributed by atoms with van der Waals surface area (Å²) < 4.78 is 28.5. The van der Waals surface area contributed by atoms with Crippen molar-refractivity contribution in [3.05, 3.63) is 54.1 Å². The fourth-order valence-corrected chi connectivity index (χ4v) is 5.62. The predicted octanol–water partition coefficient (Wildman–Crippen LogP) is 4.31. The number of aromatic hydroxyl groups is 1. The lowest BCUT2D eigenvalue weighted by Gasteiger charge is -2.31. The van der Waals surface area contributed by atoms with Gasteiger partial charge in [-0.05, 0) is 61.4 Å². The van der Waals surface area contributed by atoms with Crippen molar-refractivity contribution in [2.24, 2.45) is 17.6 Å². The van der Waals surface area contributed by atoms with Crippen molar-refractivity contribution in [1.29, 1.82) is 0 Å². The summed E-state index contributed by atoms with van der Waals surface area (Å²) in [5.41, 5.74) is 6.84. The first-order valence-electron chi connectivity index (χ1n) is 10.5. The van der Waals surface area contributed by atoms with Crippen molar-refractivity contribution in [3.63, 3.8) is 0 Å². The maximum absolute atomic E-state index is 13.5. The third-order valence-corrected chi connectivity index (χ3v) is 7.61. The number of rotatable bonds is 8. The van der Waals surface area contributed by atoms with Crippen LogP contribution < -0.4 is 10.0 Å². The molecule has 29 heavy (non-hydrogen) atoms. The lowest BCUT2D eigenvalue weighted by molar-refractivity contribution is 0.365. The minimum atomic E-state index is -3.78. The molecule has 1 aliphatic rings. The van der Waals surface area contributed by atoms with Crippen molar-refractivity contribution in [2.75, 3.05) is 17.4 Å². The van der Waals surface area contributed by atoms with Crippen LogP contribution in [0.5, 0.6) is 5.75 Å². The van der Waals surface area contributed by atoms with E-state index < -0.39 is 10.0 Å². The number of para-hydroxylation sites is 1. The van der Waals surface area contributed by atoms with Gasteiger partial charge in [0.25, 0.3) is 10.0 Å². The standard InChI is InChI=1S/C23H32N2O3S/c1-18(16-24)15-20-11-8-14-22(23(20)26)25(17-19-9-4-2-5-10-19)29(27,28)21-12-6-3-7-13-21/h3,6-8,11-14,18-19,26H,2,4-5,9-10,15-17,24H2,1H3/t18-/m1/s1. The van der Waals surface area contributed by atoms with E-state index in [-0.39, 0.29) is 16.6 Å². The quantitative estimate of drug-likeness (QED) is 0.672. The molecule has 3 N–H and O–H groups in total. The molecule has 1 aliphatic carbocycles. The highest BCUT2D eigenvalue weighted by Crippen LogP contribution is 2.37. The van der Waals surface area contributed by atoms with E-state index in [1.807, 2.05) is 19.1 Å². The molecule has 5 nitrogen and oxygen atoms in total. The molecule has 158 valence electrons. The van der Waals surface area contributed by atoms with Crippen LogP contribution in [0.3, 0.4) is 0 Å². The van der Waals surface area contributed by atoms with Crippen LogP contribution in [0, 0.1) is 11.8 Å². The van der Waals surface area contributed by atoms with E-state index in [9.17, 15) is 13.5 Å². The number of hydrogen-bond donors (Lipinski definition) is 2. The van der Waals surface area contributed by atoms with Gasteiger partial charge in [0.15, 0.2) is 0 Å². The molecule has 1 saturated carbocycles. The molecule has 0 aromatic heterocycles. The van der Waals surface area contributed by atoms with Crippen LogP contribution in [0.1, 0.15) is 44.6 Å². The first-order chi connectivity index (χ1) is 13.9. The van der Waals surface area contributed by atoms with E-state index >= 15 is 0 Å². The van der Waals surface area contributed by atoms with Gasteiger partial charge in [0.2, 0.25) is 0 Å². The maximum atomic E-state index is 13.5. The second kappa shape index (κ2) is 9.63. The predicted molar refractivity (Wildman–Crippen MR) is 118 cm³/mol. The Hall–Kier alpha value is -2.05. The maximum Gasteiger partial charge on any atom is 0.264 e. The summed E-state index contributed by atoms with van der Waals surface area (Å²) in [6.07, 6.45) is 6.11. The molecule has 2 aromatic carbocycles. The van der Waals surface area contributed by atoms with Gasteiger partial charge in [-0.2, -0.15) is 0 Å². The molecule has 0 bridgehead atoms. The SMILES string of the molecule is C[C@@H](CN)Cc1cccc(N(CC2CCCCC2)S(=O)(=O)c2ccccc2)c1O. The summed E-state index contributed by atoms with van der Waals surface area (Å²) in [7, 11) is -3.78. The molecule has 0 aliphatic heterocycles. The molecule has 0 saturated heterocycles. The zero-order valence-corrected chi connectivity index (χ0v) is 17.9. The number of nitrogens with zero attached hydrogens (tertiary/aromatic N) is 1. The van der Waals surface area contributed by atoms with Crippen molar-refractivity contribution in [2.45, 2.75) is 50.3 Å². The molecular weight excluding hydrogens is 384 g/mol. The van der Waals surface area contributed by atoms with Gasteiger partial charge in [0.1, 0.15) is 5.75 Å². The Balaban J connectivity index is 2.02. The van der Waals surface area contributed by atoms with Crippen LogP contribution in [-0.4, -0.2) is 26.6 Å². The fraction of sp³-hybridized carbons (Fsp3) is 0.478. The van der Waals surface area contributed by atoms with E-state index in [2.05, 4.69) is 0 Å². The number of phenolic OH excluding ortho intramolecular Hbond substituents is 1. The van der Waals surface area contributed by atoms with Crippen LogP contribution in [0.2, 0.25) is 0 Å². The molecule has 0 unspecified atom stereocenters. The van der Waals surface area contributed by atoms with Crippen LogP contribution >= 0.6 is 0 Å². The number of anilines is 1. The molecule has 1 fully saturated rings. The first-order valence-corrected chi connectivity index (χ1v) is 12.0. The van der Waals surface area contributed by atoms with Gasteiger partial charge in [-0.15, -0.1) is 0 Å². The highest BCUT2D eigenvalue weighted by atomic mass is 32.2. The summed E-state index contributed by atoms with van der Waals surface area (Å²) in [5.74, 6) is 0.546. The molecule has 0 spiro atoms. The normalized spacial score (nSPS) is 16.5. The number of sulfonamides is 1. The average Bonchev–Trinajstić information content (AvgIpc) is 2.75. The highest BCUT2D eigenvalue weighted by Gasteiger charge is 2.30. The summed E-state index contributed by atoms with van der Waals surface area (Å²) >= 11 is 0. The summed E-state index contributed by atoms with van der Waals surface area (Å²) in [4.78, 5) is 0.246. The zero-order chi connectivity index (χ0) is 20.9. The molecule has 1 atom stereocenters.